The Balaban J connectivity index is 2.10. The Morgan fingerprint density at radius 1 is 1.50 bits per heavy atom. The molecule has 2 atom stereocenters. The van der Waals surface area contributed by atoms with Crippen LogP contribution in [-0.4, -0.2) is 19.3 Å². The van der Waals surface area contributed by atoms with Crippen LogP contribution in [-0.2, 0) is 6.42 Å². The van der Waals surface area contributed by atoms with Crippen molar-refractivity contribution in [2.75, 3.05) is 13.1 Å². The zero-order chi connectivity index (χ0) is 11.5. The second-order valence-corrected chi connectivity index (χ2v) is 5.53. The van der Waals surface area contributed by atoms with Gasteiger partial charge in [-0.2, -0.15) is 0 Å². The van der Waals surface area contributed by atoms with Crippen LogP contribution < -0.4 is 5.32 Å². The van der Waals surface area contributed by atoms with Crippen LogP contribution in [0.4, 0.5) is 4.39 Å². The fourth-order valence-electron chi connectivity index (χ4n) is 2.07. The molecule has 0 radical (unpaired) electrons. The Kier molecular flexibility index (Phi) is 4.22. The van der Waals surface area contributed by atoms with E-state index in [9.17, 15) is 4.39 Å². The van der Waals surface area contributed by atoms with E-state index in [2.05, 4.69) is 21.2 Å². The second-order valence-electron chi connectivity index (χ2n) is 4.21. The molecule has 1 nitrogen and oxygen atoms in total. The van der Waals surface area contributed by atoms with Crippen LogP contribution in [0.3, 0.4) is 0 Å². The lowest BCUT2D eigenvalue weighted by molar-refractivity contribution is 0.178. The number of alkyl halides is 1. The molecule has 0 aliphatic carbocycles. The molecule has 1 N–H and O–H groups in total. The summed E-state index contributed by atoms with van der Waals surface area (Å²) in [5.41, 5.74) is 1.02. The predicted octanol–water partition coefficient (Wildman–Crippen LogP) is 3.59. The lowest BCUT2D eigenvalue weighted by Gasteiger charge is -2.27. The van der Waals surface area contributed by atoms with Crippen molar-refractivity contribution in [2.24, 2.45) is 5.92 Å². The zero-order valence-electron chi connectivity index (χ0n) is 8.85. The van der Waals surface area contributed by atoms with Crippen molar-refractivity contribution >= 4 is 27.5 Å². The normalized spacial score (nSPS) is 25.7. The van der Waals surface area contributed by atoms with Crippen LogP contribution in [0.25, 0.3) is 0 Å². The molecule has 1 aromatic rings. The molecular weight excluding hydrogens is 292 g/mol. The first-order valence-electron chi connectivity index (χ1n) is 5.45. The lowest BCUT2D eigenvalue weighted by atomic mass is 9.91. The van der Waals surface area contributed by atoms with Crippen LogP contribution >= 0.6 is 27.5 Å². The summed E-state index contributed by atoms with van der Waals surface area (Å²) in [6, 6.07) is 5.73. The molecule has 1 aromatic carbocycles. The monoisotopic (exact) mass is 305 g/mol. The summed E-state index contributed by atoms with van der Waals surface area (Å²) in [7, 11) is 0. The van der Waals surface area contributed by atoms with Gasteiger partial charge in [0.15, 0.2) is 0 Å². The minimum atomic E-state index is -0.712. The van der Waals surface area contributed by atoms with Crippen LogP contribution in [0.1, 0.15) is 12.0 Å². The number of rotatable bonds is 2. The summed E-state index contributed by atoms with van der Waals surface area (Å²) in [6.07, 6.45) is 0.597. The summed E-state index contributed by atoms with van der Waals surface area (Å²) in [5, 5.41) is 3.95. The van der Waals surface area contributed by atoms with E-state index in [1.165, 1.54) is 0 Å². The summed E-state index contributed by atoms with van der Waals surface area (Å²) in [5.74, 6) is 0.0422. The van der Waals surface area contributed by atoms with E-state index < -0.39 is 6.17 Å². The maximum absolute atomic E-state index is 13.7. The Labute approximate surface area is 109 Å². The highest BCUT2D eigenvalue weighted by molar-refractivity contribution is 9.10. The Hall–Kier alpha value is -0.120. The maximum atomic E-state index is 13.7. The van der Waals surface area contributed by atoms with Crippen LogP contribution in [0, 0.1) is 5.92 Å². The third-order valence-electron chi connectivity index (χ3n) is 3.00. The first-order chi connectivity index (χ1) is 7.66. The number of piperidine rings is 1. The Morgan fingerprint density at radius 3 is 3.06 bits per heavy atom. The second kappa shape index (κ2) is 5.48. The molecule has 0 amide bonds. The highest BCUT2D eigenvalue weighted by Gasteiger charge is 2.25. The fraction of sp³-hybridized carbons (Fsp3) is 0.500. The van der Waals surface area contributed by atoms with Crippen LogP contribution in [0.5, 0.6) is 0 Å². The molecule has 1 fully saturated rings. The Morgan fingerprint density at radius 2 is 2.31 bits per heavy atom. The molecule has 88 valence electrons. The fourth-order valence-corrected chi connectivity index (χ4v) is 2.68. The minimum Gasteiger partial charge on any atom is -0.316 e. The maximum Gasteiger partial charge on any atom is 0.106 e. The largest absolute Gasteiger partial charge is 0.316 e. The van der Waals surface area contributed by atoms with E-state index in [1.54, 1.807) is 0 Å². The minimum absolute atomic E-state index is 0.0422. The molecule has 0 unspecified atom stereocenters. The van der Waals surface area contributed by atoms with Crippen molar-refractivity contribution in [3.8, 4) is 0 Å². The first-order valence-corrected chi connectivity index (χ1v) is 6.62. The van der Waals surface area contributed by atoms with Gasteiger partial charge in [0.2, 0.25) is 0 Å². The van der Waals surface area contributed by atoms with Crippen molar-refractivity contribution in [1.29, 1.82) is 0 Å². The van der Waals surface area contributed by atoms with Gasteiger partial charge in [-0.1, -0.05) is 27.5 Å². The van der Waals surface area contributed by atoms with Crippen molar-refractivity contribution in [3.05, 3.63) is 33.3 Å². The van der Waals surface area contributed by atoms with Crippen molar-refractivity contribution in [1.82, 2.24) is 5.32 Å². The average Bonchev–Trinajstić information content (AvgIpc) is 2.27. The molecule has 0 aromatic heterocycles. The molecule has 0 spiro atoms. The number of nitrogens with one attached hydrogen (secondary N) is 1. The van der Waals surface area contributed by atoms with Crippen molar-refractivity contribution in [3.63, 3.8) is 0 Å². The summed E-state index contributed by atoms with van der Waals surface area (Å²) < 4.78 is 14.7. The summed E-state index contributed by atoms with van der Waals surface area (Å²) in [6.45, 7) is 1.52. The number of hydrogen-bond acceptors (Lipinski definition) is 1. The lowest BCUT2D eigenvalue weighted by Crippen LogP contribution is -2.38. The van der Waals surface area contributed by atoms with E-state index in [0.29, 0.717) is 12.8 Å². The summed E-state index contributed by atoms with van der Waals surface area (Å²) >= 11 is 9.51. The van der Waals surface area contributed by atoms with Crippen molar-refractivity contribution < 1.29 is 4.39 Å². The van der Waals surface area contributed by atoms with Gasteiger partial charge in [-0.3, -0.25) is 0 Å². The standard InChI is InChI=1S/C12H14BrClFN/c13-10-1-2-11(14)8(6-10)5-9-7-16-4-3-12(9)15/h1-2,6,9,12,16H,3-5,7H2/t9-,12+/m0/s1. The van der Waals surface area contributed by atoms with E-state index in [4.69, 9.17) is 11.6 Å². The van der Waals surface area contributed by atoms with Gasteiger partial charge in [0.05, 0.1) is 0 Å². The quantitative estimate of drug-likeness (QED) is 0.880. The average molecular weight is 307 g/mol. The molecule has 0 saturated carbocycles. The molecule has 1 aliphatic heterocycles. The van der Waals surface area contributed by atoms with Crippen LogP contribution in [0.15, 0.2) is 22.7 Å². The third kappa shape index (κ3) is 2.96. The van der Waals surface area contributed by atoms with Gasteiger partial charge in [0, 0.05) is 22.0 Å². The molecule has 1 aliphatic rings. The molecule has 1 heterocycles. The summed E-state index contributed by atoms with van der Waals surface area (Å²) in [4.78, 5) is 0. The van der Waals surface area contributed by atoms with Gasteiger partial charge in [-0.15, -0.1) is 0 Å². The SMILES string of the molecule is F[C@@H]1CCNC[C@@H]1Cc1cc(Br)ccc1Cl. The van der Waals surface area contributed by atoms with Gasteiger partial charge < -0.3 is 5.32 Å². The molecule has 2 rings (SSSR count). The Bertz CT molecular complexity index is 372. The first kappa shape index (κ1) is 12.3. The molecule has 4 heteroatoms. The van der Waals surface area contributed by atoms with Crippen molar-refractivity contribution in [2.45, 2.75) is 19.0 Å². The zero-order valence-corrected chi connectivity index (χ0v) is 11.2. The highest BCUT2D eigenvalue weighted by Crippen LogP contribution is 2.26. The van der Waals surface area contributed by atoms with Gasteiger partial charge in [-0.05, 0) is 43.1 Å². The van der Waals surface area contributed by atoms with E-state index >= 15 is 0 Å². The molecular formula is C12H14BrClFN. The molecule has 1 saturated heterocycles. The van der Waals surface area contributed by atoms with Gasteiger partial charge in [-0.25, -0.2) is 4.39 Å². The third-order valence-corrected chi connectivity index (χ3v) is 3.87. The molecule has 16 heavy (non-hydrogen) atoms. The van der Waals surface area contributed by atoms with Gasteiger partial charge >= 0.3 is 0 Å². The van der Waals surface area contributed by atoms with E-state index in [-0.39, 0.29) is 5.92 Å². The predicted molar refractivity (Wildman–Crippen MR) is 68.7 cm³/mol. The topological polar surface area (TPSA) is 12.0 Å². The van der Waals surface area contributed by atoms with E-state index in [1.807, 2.05) is 18.2 Å². The highest BCUT2D eigenvalue weighted by atomic mass is 79.9. The van der Waals surface area contributed by atoms with Crippen LogP contribution in [0.2, 0.25) is 5.02 Å². The molecule has 0 bridgehead atoms. The van der Waals surface area contributed by atoms with Gasteiger partial charge in [0.25, 0.3) is 0 Å². The number of hydrogen-bond donors (Lipinski definition) is 1. The smallest absolute Gasteiger partial charge is 0.106 e. The van der Waals surface area contributed by atoms with Gasteiger partial charge in [0.1, 0.15) is 6.17 Å². The van der Waals surface area contributed by atoms with E-state index in [0.717, 1.165) is 28.1 Å². The number of benzene rings is 1. The number of halogens is 3.